The Balaban J connectivity index is 1.55. The van der Waals surface area contributed by atoms with Gasteiger partial charge in [-0.2, -0.15) is 0 Å². The Hall–Kier alpha value is -1.60. The summed E-state index contributed by atoms with van der Waals surface area (Å²) in [6, 6.07) is 0. The number of ketones is 2. The van der Waals surface area contributed by atoms with Crippen molar-refractivity contribution in [2.75, 3.05) is 0 Å². The average Bonchev–Trinajstić information content (AvgIpc) is 2.66. The van der Waals surface area contributed by atoms with Gasteiger partial charge in [-0.3, -0.25) is 9.59 Å². The van der Waals surface area contributed by atoms with E-state index in [1.165, 1.54) is 0 Å². The zero-order chi connectivity index (χ0) is 20.0. The van der Waals surface area contributed by atoms with Crippen LogP contribution in [-0.2, 0) is 9.59 Å². The monoisotopic (exact) mass is 388 g/mol. The fourth-order valence-corrected chi connectivity index (χ4v) is 5.39. The standard InChI is InChI=1S/C22H28O6/c23-17-5-3-11(13-7-19(25)21(27)9-15(13)17)1-2-12-4-6-18(24)16-10-22(28)20(26)8-14(12)16/h1-4,13-16,19-22,25-28H,5-10H2/b2-1+/t13-,14-,15+,16+,19-,20-,21+,22+/m1/s1. The molecule has 2 fully saturated rings. The maximum absolute atomic E-state index is 12.3. The van der Waals surface area contributed by atoms with Crippen molar-refractivity contribution in [2.24, 2.45) is 23.7 Å². The summed E-state index contributed by atoms with van der Waals surface area (Å²) in [6.45, 7) is 0. The first-order valence-electron chi connectivity index (χ1n) is 10.2. The Morgan fingerprint density at radius 3 is 1.29 bits per heavy atom. The van der Waals surface area contributed by atoms with Gasteiger partial charge in [0.25, 0.3) is 0 Å². The Morgan fingerprint density at radius 1 is 0.607 bits per heavy atom. The molecule has 4 rings (SSSR count). The quantitative estimate of drug-likeness (QED) is 0.557. The first kappa shape index (κ1) is 19.7. The van der Waals surface area contributed by atoms with Gasteiger partial charge in [-0.15, -0.1) is 0 Å². The van der Waals surface area contributed by atoms with E-state index in [1.807, 2.05) is 24.3 Å². The molecule has 0 heterocycles. The van der Waals surface area contributed by atoms with E-state index >= 15 is 0 Å². The number of aliphatic hydroxyl groups excluding tert-OH is 4. The molecular weight excluding hydrogens is 360 g/mol. The third-order valence-corrected chi connectivity index (χ3v) is 7.07. The predicted molar refractivity (Wildman–Crippen MR) is 101 cm³/mol. The molecule has 0 bridgehead atoms. The first-order valence-corrected chi connectivity index (χ1v) is 10.2. The van der Waals surface area contributed by atoms with Crippen LogP contribution in [0.4, 0.5) is 0 Å². The smallest absolute Gasteiger partial charge is 0.140 e. The molecule has 0 radical (unpaired) electrons. The van der Waals surface area contributed by atoms with E-state index in [2.05, 4.69) is 0 Å². The summed E-state index contributed by atoms with van der Waals surface area (Å²) in [4.78, 5) is 24.5. The molecule has 4 N–H and O–H groups in total. The third kappa shape index (κ3) is 3.54. The van der Waals surface area contributed by atoms with Crippen LogP contribution in [0.2, 0.25) is 0 Å². The number of rotatable bonds is 2. The van der Waals surface area contributed by atoms with Crippen LogP contribution in [0, 0.1) is 23.7 Å². The lowest BCUT2D eigenvalue weighted by molar-refractivity contribution is -0.130. The molecule has 4 aliphatic carbocycles. The maximum atomic E-state index is 12.3. The number of aliphatic hydroxyl groups is 4. The second-order valence-electron chi connectivity index (χ2n) is 8.72. The van der Waals surface area contributed by atoms with E-state index in [4.69, 9.17) is 0 Å². The largest absolute Gasteiger partial charge is 0.390 e. The van der Waals surface area contributed by atoms with Crippen LogP contribution in [0.3, 0.4) is 0 Å². The summed E-state index contributed by atoms with van der Waals surface area (Å²) in [7, 11) is 0. The highest BCUT2D eigenvalue weighted by molar-refractivity contribution is 5.86. The van der Waals surface area contributed by atoms with Crippen LogP contribution < -0.4 is 0 Å². The van der Waals surface area contributed by atoms with Crippen molar-refractivity contribution < 1.29 is 30.0 Å². The minimum Gasteiger partial charge on any atom is -0.390 e. The first-order chi connectivity index (χ1) is 13.3. The summed E-state index contributed by atoms with van der Waals surface area (Å²) < 4.78 is 0. The Labute approximate surface area is 164 Å². The molecule has 0 aliphatic heterocycles. The Kier molecular flexibility index (Phi) is 5.40. The number of hydrogen-bond donors (Lipinski definition) is 4. The van der Waals surface area contributed by atoms with Crippen LogP contribution in [0.15, 0.2) is 35.5 Å². The minimum atomic E-state index is -0.850. The topological polar surface area (TPSA) is 115 Å². The summed E-state index contributed by atoms with van der Waals surface area (Å²) >= 11 is 0. The van der Waals surface area contributed by atoms with Crippen molar-refractivity contribution in [3.63, 3.8) is 0 Å². The van der Waals surface area contributed by atoms with Crippen LogP contribution in [0.5, 0.6) is 0 Å². The third-order valence-electron chi connectivity index (χ3n) is 7.07. The maximum Gasteiger partial charge on any atom is 0.140 e. The second kappa shape index (κ2) is 7.67. The van der Waals surface area contributed by atoms with E-state index in [0.717, 1.165) is 11.1 Å². The number of carbonyl (C=O) groups is 2. The van der Waals surface area contributed by atoms with Crippen molar-refractivity contribution in [3.05, 3.63) is 35.5 Å². The molecule has 0 saturated heterocycles. The zero-order valence-corrected chi connectivity index (χ0v) is 15.8. The fourth-order valence-electron chi connectivity index (χ4n) is 5.39. The molecule has 2 saturated carbocycles. The van der Waals surface area contributed by atoms with Crippen molar-refractivity contribution >= 4 is 11.6 Å². The molecule has 28 heavy (non-hydrogen) atoms. The van der Waals surface area contributed by atoms with Gasteiger partial charge in [0.1, 0.15) is 11.6 Å². The fraction of sp³-hybridized carbons (Fsp3) is 0.636. The highest BCUT2D eigenvalue weighted by atomic mass is 16.3. The molecule has 0 spiro atoms. The molecule has 6 nitrogen and oxygen atoms in total. The van der Waals surface area contributed by atoms with Crippen LogP contribution in [-0.4, -0.2) is 56.4 Å². The van der Waals surface area contributed by atoms with E-state index in [9.17, 15) is 30.0 Å². The molecule has 0 unspecified atom stereocenters. The summed E-state index contributed by atoms with van der Waals surface area (Å²) in [6.07, 6.45) is 6.35. The highest BCUT2D eigenvalue weighted by Gasteiger charge is 2.43. The zero-order valence-electron chi connectivity index (χ0n) is 15.8. The molecule has 0 aromatic heterocycles. The average molecular weight is 388 g/mol. The normalized spacial score (nSPS) is 44.0. The van der Waals surface area contributed by atoms with Crippen molar-refractivity contribution in [1.82, 2.24) is 0 Å². The number of allylic oxidation sites excluding steroid dienone is 6. The van der Waals surface area contributed by atoms with Gasteiger partial charge in [0.05, 0.1) is 24.4 Å². The molecule has 152 valence electrons. The van der Waals surface area contributed by atoms with Crippen LogP contribution in [0.25, 0.3) is 0 Å². The van der Waals surface area contributed by atoms with Gasteiger partial charge in [0.15, 0.2) is 0 Å². The molecule has 0 aromatic rings. The van der Waals surface area contributed by atoms with Crippen molar-refractivity contribution in [2.45, 2.75) is 62.9 Å². The number of hydrogen-bond acceptors (Lipinski definition) is 6. The van der Waals surface area contributed by atoms with Gasteiger partial charge < -0.3 is 20.4 Å². The molecule has 0 amide bonds. The van der Waals surface area contributed by atoms with Gasteiger partial charge in [-0.25, -0.2) is 0 Å². The van der Waals surface area contributed by atoms with E-state index < -0.39 is 24.4 Å². The van der Waals surface area contributed by atoms with Gasteiger partial charge in [-0.1, -0.05) is 24.3 Å². The summed E-state index contributed by atoms with van der Waals surface area (Å²) in [5, 5.41) is 40.0. The van der Waals surface area contributed by atoms with Crippen molar-refractivity contribution in [1.29, 1.82) is 0 Å². The second-order valence-corrected chi connectivity index (χ2v) is 8.72. The summed E-state index contributed by atoms with van der Waals surface area (Å²) in [5.41, 5.74) is 1.97. The SMILES string of the molecule is O=C1CC=C(/C=C/C2=CCC(=O)[C@H]3C[C@H](O)[C@H](O)C[C@H]23)[C@H]2C[C@@H](O)[C@@H](O)C[C@H]12. The highest BCUT2D eigenvalue weighted by Crippen LogP contribution is 2.42. The van der Waals surface area contributed by atoms with E-state index in [1.54, 1.807) is 0 Å². The lowest BCUT2D eigenvalue weighted by Gasteiger charge is -2.40. The number of fused-ring (bicyclic) bond motifs is 2. The van der Waals surface area contributed by atoms with Crippen LogP contribution in [0.1, 0.15) is 38.5 Å². The number of carbonyl (C=O) groups excluding carboxylic acids is 2. The lowest BCUT2D eigenvalue weighted by atomic mass is 9.66. The molecular formula is C22H28O6. The Bertz CT molecular complexity index is 688. The van der Waals surface area contributed by atoms with Gasteiger partial charge in [0.2, 0.25) is 0 Å². The van der Waals surface area contributed by atoms with Gasteiger partial charge >= 0.3 is 0 Å². The molecule has 4 aliphatic rings. The predicted octanol–water partition coefficient (Wildman–Crippen LogP) is 0.837. The van der Waals surface area contributed by atoms with E-state index in [0.29, 0.717) is 38.5 Å². The Morgan fingerprint density at radius 2 is 0.929 bits per heavy atom. The van der Waals surface area contributed by atoms with Crippen LogP contribution >= 0.6 is 0 Å². The molecule has 6 heteroatoms. The lowest BCUT2D eigenvalue weighted by Crippen LogP contribution is -2.44. The summed E-state index contributed by atoms with van der Waals surface area (Å²) in [5.74, 6) is -0.499. The van der Waals surface area contributed by atoms with Gasteiger partial charge in [0, 0.05) is 24.7 Å². The molecule has 8 atom stereocenters. The minimum absolute atomic E-state index is 0.101. The van der Waals surface area contributed by atoms with Gasteiger partial charge in [-0.05, 0) is 48.7 Å². The van der Waals surface area contributed by atoms with Crippen molar-refractivity contribution in [3.8, 4) is 0 Å². The molecule has 0 aromatic carbocycles. The number of Topliss-reactive ketones (excluding diaryl/α,β-unsaturated/α-hetero) is 2. The van der Waals surface area contributed by atoms with E-state index in [-0.39, 0.29) is 35.2 Å².